The normalized spacial score (nSPS) is 11.1. The quantitative estimate of drug-likeness (QED) is 0.558. The highest BCUT2D eigenvalue weighted by Gasteiger charge is 2.13. The van der Waals surface area contributed by atoms with E-state index >= 15 is 0 Å². The lowest BCUT2D eigenvalue weighted by Crippen LogP contribution is -2.11. The molecule has 1 N–H and O–H groups in total. The van der Waals surface area contributed by atoms with Crippen LogP contribution in [0.2, 0.25) is 0 Å². The number of carbonyl (C=O) groups is 1. The molecule has 5 nitrogen and oxygen atoms in total. The predicted molar refractivity (Wildman–Crippen MR) is 103 cm³/mol. The molecule has 1 amide bonds. The van der Waals surface area contributed by atoms with Crippen molar-refractivity contribution >= 4 is 54.1 Å². The molecule has 0 bridgehead atoms. The van der Waals surface area contributed by atoms with Crippen LogP contribution in [0, 0.1) is 6.92 Å². The summed E-state index contributed by atoms with van der Waals surface area (Å²) in [7, 11) is 0. The van der Waals surface area contributed by atoms with Crippen molar-refractivity contribution in [1.29, 1.82) is 0 Å². The van der Waals surface area contributed by atoms with Crippen LogP contribution in [0.1, 0.15) is 22.3 Å². The Hall–Kier alpha value is -2.51. The number of carbonyl (C=O) groups excluding carboxylic acids is 1. The predicted octanol–water partition coefficient (Wildman–Crippen LogP) is 4.87. The zero-order valence-corrected chi connectivity index (χ0v) is 15.3. The molecule has 4 rings (SSSR count). The van der Waals surface area contributed by atoms with Gasteiger partial charge < -0.3 is 4.74 Å². The van der Waals surface area contributed by atoms with Crippen LogP contribution in [0.5, 0.6) is 5.75 Å². The molecule has 0 saturated carbocycles. The third kappa shape index (κ3) is 3.08. The number of amides is 1. The van der Waals surface area contributed by atoms with Crippen molar-refractivity contribution in [2.75, 3.05) is 11.9 Å². The van der Waals surface area contributed by atoms with Crippen LogP contribution in [-0.4, -0.2) is 22.5 Å². The van der Waals surface area contributed by atoms with Crippen molar-refractivity contribution in [3.8, 4) is 5.75 Å². The van der Waals surface area contributed by atoms with Gasteiger partial charge in [-0.25, -0.2) is 9.97 Å². The molecular formula is C18H15N3O2S2. The molecule has 0 aliphatic rings. The fourth-order valence-corrected chi connectivity index (χ4v) is 4.43. The van der Waals surface area contributed by atoms with Crippen LogP contribution in [0.25, 0.3) is 20.4 Å². The molecule has 4 aromatic rings. The molecule has 7 heteroatoms. The highest BCUT2D eigenvalue weighted by Crippen LogP contribution is 2.34. The first kappa shape index (κ1) is 16.0. The van der Waals surface area contributed by atoms with E-state index < -0.39 is 0 Å². The van der Waals surface area contributed by atoms with Gasteiger partial charge in [0.15, 0.2) is 5.13 Å². The highest BCUT2D eigenvalue weighted by molar-refractivity contribution is 7.24. The average Bonchev–Trinajstić information content (AvgIpc) is 3.17. The van der Waals surface area contributed by atoms with Crippen molar-refractivity contribution in [3.63, 3.8) is 0 Å². The summed E-state index contributed by atoms with van der Waals surface area (Å²) in [6.45, 7) is 4.52. The largest absolute Gasteiger partial charge is 0.494 e. The van der Waals surface area contributed by atoms with E-state index in [2.05, 4.69) is 15.3 Å². The van der Waals surface area contributed by atoms with Gasteiger partial charge in [0.25, 0.3) is 5.91 Å². The smallest absolute Gasteiger partial charge is 0.257 e. The molecule has 126 valence electrons. The van der Waals surface area contributed by atoms with Crippen LogP contribution in [-0.2, 0) is 0 Å². The zero-order valence-electron chi connectivity index (χ0n) is 13.7. The van der Waals surface area contributed by atoms with E-state index in [-0.39, 0.29) is 5.91 Å². The first-order valence-electron chi connectivity index (χ1n) is 7.85. The lowest BCUT2D eigenvalue weighted by Gasteiger charge is -2.04. The van der Waals surface area contributed by atoms with E-state index in [9.17, 15) is 4.79 Å². The van der Waals surface area contributed by atoms with Gasteiger partial charge in [0.2, 0.25) is 0 Å². The summed E-state index contributed by atoms with van der Waals surface area (Å²) in [6.07, 6.45) is 0. The number of nitrogens with zero attached hydrogens (tertiary/aromatic N) is 2. The monoisotopic (exact) mass is 369 g/mol. The van der Waals surface area contributed by atoms with Crippen LogP contribution in [0.3, 0.4) is 0 Å². The second-order valence-electron chi connectivity index (χ2n) is 5.42. The maximum atomic E-state index is 12.4. The van der Waals surface area contributed by atoms with Crippen molar-refractivity contribution in [1.82, 2.24) is 9.97 Å². The summed E-state index contributed by atoms with van der Waals surface area (Å²) in [5.41, 5.74) is 2.38. The minimum Gasteiger partial charge on any atom is -0.494 e. The Bertz CT molecular complexity index is 1070. The first-order chi connectivity index (χ1) is 12.1. The van der Waals surface area contributed by atoms with E-state index in [4.69, 9.17) is 4.74 Å². The second-order valence-corrected chi connectivity index (χ2v) is 7.66. The van der Waals surface area contributed by atoms with Crippen molar-refractivity contribution in [2.45, 2.75) is 13.8 Å². The van der Waals surface area contributed by atoms with Gasteiger partial charge >= 0.3 is 0 Å². The van der Waals surface area contributed by atoms with E-state index in [0.29, 0.717) is 17.3 Å². The molecule has 0 atom stereocenters. The van der Waals surface area contributed by atoms with Crippen molar-refractivity contribution in [3.05, 3.63) is 47.0 Å². The molecular weight excluding hydrogens is 354 g/mol. The average molecular weight is 369 g/mol. The number of benzene rings is 2. The second kappa shape index (κ2) is 6.42. The number of thiazole rings is 2. The lowest BCUT2D eigenvalue weighted by atomic mass is 10.2. The summed E-state index contributed by atoms with van der Waals surface area (Å²) in [5, 5.41) is 4.47. The Morgan fingerprint density at radius 3 is 2.68 bits per heavy atom. The molecule has 0 fully saturated rings. The third-order valence-corrected chi connectivity index (χ3v) is 5.60. The fourth-order valence-electron chi connectivity index (χ4n) is 2.58. The van der Waals surface area contributed by atoms with Crippen molar-refractivity contribution < 1.29 is 9.53 Å². The number of fused-ring (bicyclic) bond motifs is 3. The van der Waals surface area contributed by atoms with Gasteiger partial charge in [-0.2, -0.15) is 0 Å². The van der Waals surface area contributed by atoms with Gasteiger partial charge in [-0.05, 0) is 50.2 Å². The van der Waals surface area contributed by atoms with Gasteiger partial charge in [-0.1, -0.05) is 11.3 Å². The Morgan fingerprint density at radius 2 is 1.92 bits per heavy atom. The van der Waals surface area contributed by atoms with E-state index in [1.54, 1.807) is 35.6 Å². The fraction of sp³-hybridized carbons (Fsp3) is 0.167. The first-order valence-corrected chi connectivity index (χ1v) is 9.48. The molecule has 0 saturated heterocycles. The molecule has 0 aliphatic heterocycles. The summed E-state index contributed by atoms with van der Waals surface area (Å²) in [5.74, 6) is 0.563. The minimum atomic E-state index is -0.187. The van der Waals surface area contributed by atoms with E-state index in [1.807, 2.05) is 26.0 Å². The Kier molecular flexibility index (Phi) is 4.10. The topological polar surface area (TPSA) is 64.1 Å². The van der Waals surface area contributed by atoms with Crippen LogP contribution < -0.4 is 10.1 Å². The number of ether oxygens (including phenoxy) is 1. The maximum Gasteiger partial charge on any atom is 0.257 e. The molecule has 2 aromatic carbocycles. The summed E-state index contributed by atoms with van der Waals surface area (Å²) < 4.78 is 7.53. The molecule has 0 radical (unpaired) electrons. The maximum absolute atomic E-state index is 12.4. The lowest BCUT2D eigenvalue weighted by molar-refractivity contribution is 0.102. The number of hydrogen-bond acceptors (Lipinski definition) is 6. The number of rotatable bonds is 4. The van der Waals surface area contributed by atoms with Gasteiger partial charge in [0.05, 0.1) is 26.5 Å². The summed E-state index contributed by atoms with van der Waals surface area (Å²) in [4.78, 5) is 21.5. The molecule has 2 heterocycles. The molecule has 2 aromatic heterocycles. The molecule has 0 unspecified atom stereocenters. The van der Waals surface area contributed by atoms with E-state index in [0.717, 1.165) is 31.2 Å². The highest BCUT2D eigenvalue weighted by atomic mass is 32.1. The third-order valence-electron chi connectivity index (χ3n) is 3.67. The Morgan fingerprint density at radius 1 is 1.12 bits per heavy atom. The van der Waals surface area contributed by atoms with Crippen LogP contribution in [0.4, 0.5) is 5.13 Å². The van der Waals surface area contributed by atoms with Gasteiger partial charge in [0.1, 0.15) is 11.3 Å². The summed E-state index contributed by atoms with van der Waals surface area (Å²) in [6, 6.07) is 11.1. The van der Waals surface area contributed by atoms with Gasteiger partial charge in [0, 0.05) is 5.56 Å². The van der Waals surface area contributed by atoms with Crippen LogP contribution in [0.15, 0.2) is 36.4 Å². The van der Waals surface area contributed by atoms with E-state index in [1.165, 1.54) is 11.3 Å². The number of aromatic nitrogens is 2. The van der Waals surface area contributed by atoms with Crippen molar-refractivity contribution in [2.24, 2.45) is 0 Å². The zero-order chi connectivity index (χ0) is 17.4. The Labute approximate surface area is 152 Å². The standard InChI is InChI=1S/C18H15N3O2S2/c1-3-23-12-6-4-11(5-7-12)17(22)21-18-20-13-8-9-14-15(16(13)25-18)19-10(2)24-14/h4-9H,3H2,1-2H3,(H,20,21,22). The van der Waals surface area contributed by atoms with Gasteiger partial charge in [-0.15, -0.1) is 11.3 Å². The molecule has 25 heavy (non-hydrogen) atoms. The van der Waals surface area contributed by atoms with Gasteiger partial charge in [-0.3, -0.25) is 10.1 Å². The number of anilines is 1. The number of aryl methyl sites for hydroxylation is 1. The number of hydrogen-bond donors (Lipinski definition) is 1. The molecule has 0 spiro atoms. The Balaban J connectivity index is 1.61. The SMILES string of the molecule is CCOc1ccc(C(=O)Nc2nc3ccc4sc(C)nc4c3s2)cc1. The van der Waals surface area contributed by atoms with Crippen LogP contribution >= 0.6 is 22.7 Å². The number of nitrogens with one attached hydrogen (secondary N) is 1. The summed E-state index contributed by atoms with van der Waals surface area (Å²) >= 11 is 3.11. The minimum absolute atomic E-state index is 0.187. The molecule has 0 aliphatic carbocycles.